The molecule has 0 bridgehead atoms. The molecule has 0 saturated carbocycles. The smallest absolute Gasteiger partial charge is 0.0826 e. The molecule has 0 aliphatic carbocycles. The molecule has 11 heavy (non-hydrogen) atoms. The number of rotatable bonds is 4. The zero-order chi connectivity index (χ0) is 8.16. The first kappa shape index (κ1) is 8.97. The van der Waals surface area contributed by atoms with Gasteiger partial charge in [0.1, 0.15) is 0 Å². The average molecular weight is 159 g/mol. The lowest BCUT2D eigenvalue weighted by atomic mass is 9.97. The molecule has 0 spiro atoms. The van der Waals surface area contributed by atoms with Crippen molar-refractivity contribution in [3.8, 4) is 0 Å². The van der Waals surface area contributed by atoms with E-state index in [-0.39, 0.29) is 5.60 Å². The molecule has 0 amide bonds. The molecule has 1 aliphatic rings. The second-order valence-electron chi connectivity index (χ2n) is 3.08. The summed E-state index contributed by atoms with van der Waals surface area (Å²) in [6.07, 6.45) is 3.16. The quantitative estimate of drug-likeness (QED) is 0.650. The Morgan fingerprint density at radius 2 is 2.45 bits per heavy atom. The SMILES string of the molecule is COCCC1(CN)CCCO1. The Bertz CT molecular complexity index is 111. The van der Waals surface area contributed by atoms with Crippen LogP contribution in [0, 0.1) is 0 Å². The third-order valence-corrected chi connectivity index (χ3v) is 2.32. The summed E-state index contributed by atoms with van der Waals surface area (Å²) in [7, 11) is 1.71. The molecule has 3 nitrogen and oxygen atoms in total. The molecule has 1 atom stereocenters. The summed E-state index contributed by atoms with van der Waals surface area (Å²) in [5.74, 6) is 0. The van der Waals surface area contributed by atoms with Crippen LogP contribution >= 0.6 is 0 Å². The van der Waals surface area contributed by atoms with Crippen LogP contribution in [0.2, 0.25) is 0 Å². The fourth-order valence-electron chi connectivity index (χ4n) is 1.50. The maximum atomic E-state index is 5.63. The first-order chi connectivity index (χ1) is 5.33. The largest absolute Gasteiger partial charge is 0.385 e. The molecule has 0 aromatic carbocycles. The molecule has 66 valence electrons. The van der Waals surface area contributed by atoms with Gasteiger partial charge in [0.05, 0.1) is 5.60 Å². The van der Waals surface area contributed by atoms with Crippen LogP contribution < -0.4 is 5.73 Å². The van der Waals surface area contributed by atoms with Crippen molar-refractivity contribution in [3.05, 3.63) is 0 Å². The Morgan fingerprint density at radius 3 is 2.91 bits per heavy atom. The van der Waals surface area contributed by atoms with E-state index in [0.29, 0.717) is 6.54 Å². The lowest BCUT2D eigenvalue weighted by Crippen LogP contribution is -2.38. The Labute approximate surface area is 67.9 Å². The highest BCUT2D eigenvalue weighted by Crippen LogP contribution is 2.27. The van der Waals surface area contributed by atoms with Crippen molar-refractivity contribution in [1.82, 2.24) is 0 Å². The summed E-state index contributed by atoms with van der Waals surface area (Å²) in [4.78, 5) is 0. The average Bonchev–Trinajstić information content (AvgIpc) is 2.50. The summed E-state index contributed by atoms with van der Waals surface area (Å²) in [5.41, 5.74) is 5.57. The highest BCUT2D eigenvalue weighted by atomic mass is 16.5. The maximum Gasteiger partial charge on any atom is 0.0826 e. The van der Waals surface area contributed by atoms with E-state index in [1.807, 2.05) is 0 Å². The molecule has 1 unspecified atom stereocenters. The van der Waals surface area contributed by atoms with Crippen LogP contribution in [0.4, 0.5) is 0 Å². The van der Waals surface area contributed by atoms with E-state index in [9.17, 15) is 0 Å². The van der Waals surface area contributed by atoms with E-state index in [1.54, 1.807) is 7.11 Å². The Morgan fingerprint density at radius 1 is 1.64 bits per heavy atom. The van der Waals surface area contributed by atoms with Crippen LogP contribution in [0.25, 0.3) is 0 Å². The van der Waals surface area contributed by atoms with Gasteiger partial charge in [-0.25, -0.2) is 0 Å². The van der Waals surface area contributed by atoms with Crippen molar-refractivity contribution in [3.63, 3.8) is 0 Å². The van der Waals surface area contributed by atoms with Gasteiger partial charge >= 0.3 is 0 Å². The van der Waals surface area contributed by atoms with Gasteiger partial charge in [0.25, 0.3) is 0 Å². The molecular weight excluding hydrogens is 142 g/mol. The Kier molecular flexibility index (Phi) is 3.30. The highest BCUT2D eigenvalue weighted by Gasteiger charge is 2.32. The molecular formula is C8H17NO2. The molecule has 1 fully saturated rings. The van der Waals surface area contributed by atoms with Crippen molar-refractivity contribution >= 4 is 0 Å². The van der Waals surface area contributed by atoms with E-state index in [4.69, 9.17) is 15.2 Å². The third kappa shape index (κ3) is 2.15. The minimum atomic E-state index is -0.0595. The monoisotopic (exact) mass is 159 g/mol. The second-order valence-corrected chi connectivity index (χ2v) is 3.08. The minimum Gasteiger partial charge on any atom is -0.385 e. The van der Waals surface area contributed by atoms with Crippen LogP contribution in [0.1, 0.15) is 19.3 Å². The molecule has 1 aliphatic heterocycles. The van der Waals surface area contributed by atoms with Crippen molar-refractivity contribution in [1.29, 1.82) is 0 Å². The van der Waals surface area contributed by atoms with Crippen LogP contribution in [0.5, 0.6) is 0 Å². The van der Waals surface area contributed by atoms with E-state index in [2.05, 4.69) is 0 Å². The van der Waals surface area contributed by atoms with Gasteiger partial charge < -0.3 is 15.2 Å². The predicted octanol–water partition coefficient (Wildman–Crippen LogP) is 0.531. The van der Waals surface area contributed by atoms with Gasteiger partial charge in [-0.1, -0.05) is 0 Å². The molecule has 1 rings (SSSR count). The fourth-order valence-corrected chi connectivity index (χ4v) is 1.50. The predicted molar refractivity (Wildman–Crippen MR) is 43.5 cm³/mol. The van der Waals surface area contributed by atoms with E-state index >= 15 is 0 Å². The number of hydrogen-bond donors (Lipinski definition) is 1. The molecule has 0 aromatic heterocycles. The standard InChI is InChI=1S/C8H17NO2/c1-10-6-4-8(7-9)3-2-5-11-8/h2-7,9H2,1H3. The Hall–Kier alpha value is -0.120. The van der Waals surface area contributed by atoms with Gasteiger partial charge in [-0.2, -0.15) is 0 Å². The van der Waals surface area contributed by atoms with Gasteiger partial charge in [0.15, 0.2) is 0 Å². The summed E-state index contributed by atoms with van der Waals surface area (Å²) in [5, 5.41) is 0. The molecule has 2 N–H and O–H groups in total. The maximum absolute atomic E-state index is 5.63. The number of nitrogens with two attached hydrogens (primary N) is 1. The van der Waals surface area contributed by atoms with Crippen LogP contribution in [0.3, 0.4) is 0 Å². The molecule has 0 aromatic rings. The van der Waals surface area contributed by atoms with Crippen LogP contribution in [-0.4, -0.2) is 32.5 Å². The second kappa shape index (κ2) is 4.04. The first-order valence-corrected chi connectivity index (χ1v) is 4.16. The molecule has 1 saturated heterocycles. The number of ether oxygens (including phenoxy) is 2. The van der Waals surface area contributed by atoms with Crippen LogP contribution in [0.15, 0.2) is 0 Å². The topological polar surface area (TPSA) is 44.5 Å². The fraction of sp³-hybridized carbons (Fsp3) is 1.00. The number of hydrogen-bond acceptors (Lipinski definition) is 3. The summed E-state index contributed by atoms with van der Waals surface area (Å²) in [6, 6.07) is 0. The zero-order valence-corrected chi connectivity index (χ0v) is 7.14. The lowest BCUT2D eigenvalue weighted by molar-refractivity contribution is -0.0120. The third-order valence-electron chi connectivity index (χ3n) is 2.32. The van der Waals surface area contributed by atoms with Crippen molar-refractivity contribution in [2.45, 2.75) is 24.9 Å². The molecule has 0 radical (unpaired) electrons. The van der Waals surface area contributed by atoms with Crippen molar-refractivity contribution < 1.29 is 9.47 Å². The van der Waals surface area contributed by atoms with E-state index in [1.165, 1.54) is 0 Å². The van der Waals surface area contributed by atoms with Gasteiger partial charge in [-0.3, -0.25) is 0 Å². The summed E-state index contributed by atoms with van der Waals surface area (Å²) < 4.78 is 10.6. The van der Waals surface area contributed by atoms with E-state index < -0.39 is 0 Å². The zero-order valence-electron chi connectivity index (χ0n) is 7.14. The van der Waals surface area contributed by atoms with Gasteiger partial charge in [0, 0.05) is 33.3 Å². The van der Waals surface area contributed by atoms with Gasteiger partial charge in [0.2, 0.25) is 0 Å². The molecule has 3 heteroatoms. The van der Waals surface area contributed by atoms with Crippen molar-refractivity contribution in [2.75, 3.05) is 26.9 Å². The molecule has 1 heterocycles. The first-order valence-electron chi connectivity index (χ1n) is 4.16. The van der Waals surface area contributed by atoms with Crippen molar-refractivity contribution in [2.24, 2.45) is 5.73 Å². The van der Waals surface area contributed by atoms with E-state index in [0.717, 1.165) is 32.5 Å². The highest BCUT2D eigenvalue weighted by molar-refractivity contribution is 4.85. The van der Waals surface area contributed by atoms with Gasteiger partial charge in [-0.15, -0.1) is 0 Å². The van der Waals surface area contributed by atoms with Crippen LogP contribution in [-0.2, 0) is 9.47 Å². The Balaban J connectivity index is 2.33. The lowest BCUT2D eigenvalue weighted by Gasteiger charge is -2.25. The summed E-state index contributed by atoms with van der Waals surface area (Å²) >= 11 is 0. The minimum absolute atomic E-state index is 0.0595. The normalized spacial score (nSPS) is 31.1. The summed E-state index contributed by atoms with van der Waals surface area (Å²) in [6.45, 7) is 2.23. The van der Waals surface area contributed by atoms with Gasteiger partial charge in [-0.05, 0) is 12.8 Å². The number of methoxy groups -OCH3 is 1.